The van der Waals surface area contributed by atoms with Crippen LogP contribution in [-0.4, -0.2) is 75.6 Å². The fraction of sp³-hybridized carbons (Fsp3) is 0.867. The molecule has 1 amide bonds. The van der Waals surface area contributed by atoms with E-state index in [1.807, 2.05) is 4.90 Å². The number of alkyl halides is 1. The van der Waals surface area contributed by atoms with E-state index in [0.717, 1.165) is 13.1 Å². The number of amides is 1. The number of carbonyl (C=O) groups is 1. The summed E-state index contributed by atoms with van der Waals surface area (Å²) in [5, 5.41) is 12.7. The van der Waals surface area contributed by atoms with E-state index in [-0.39, 0.29) is 33.6 Å². The molecule has 0 bridgehead atoms. The van der Waals surface area contributed by atoms with Crippen LogP contribution in [0.25, 0.3) is 0 Å². The molecule has 4 atom stereocenters. The van der Waals surface area contributed by atoms with Gasteiger partial charge < -0.3 is 9.80 Å². The molecule has 0 aromatic heterocycles. The Bertz CT molecular complexity index is 519. The van der Waals surface area contributed by atoms with E-state index in [9.17, 15) is 4.79 Å². The standard InChI is InChI=1S/C15H24ClN5OS/c1-15(2,3)11-12(16)18-14(23-11)21-7-6-20-5-4-19(9-17)8-10(20)13(21)22/h10-12,14,18H,4-8H2,1-3H3/t10-,11?,12?,14?/m0/s1. The van der Waals surface area contributed by atoms with Crippen LogP contribution in [0.1, 0.15) is 20.8 Å². The molecule has 6 nitrogen and oxygen atoms in total. The Labute approximate surface area is 147 Å². The van der Waals surface area contributed by atoms with Gasteiger partial charge in [-0.25, -0.2) is 0 Å². The van der Waals surface area contributed by atoms with E-state index < -0.39 is 0 Å². The summed E-state index contributed by atoms with van der Waals surface area (Å²) < 4.78 is 0. The number of piperazine rings is 2. The SMILES string of the molecule is CC(C)(C)C1SC(N2CCN3CCN(C#N)C[C@H]3C2=O)NC1Cl. The Kier molecular flexibility index (Phi) is 4.71. The maximum atomic E-state index is 12.9. The van der Waals surface area contributed by atoms with Crippen LogP contribution < -0.4 is 5.32 Å². The van der Waals surface area contributed by atoms with Gasteiger partial charge in [0.25, 0.3) is 0 Å². The highest BCUT2D eigenvalue weighted by Gasteiger charge is 2.47. The van der Waals surface area contributed by atoms with Crippen molar-refractivity contribution in [2.24, 2.45) is 5.41 Å². The highest BCUT2D eigenvalue weighted by Crippen LogP contribution is 2.42. The number of nitrogens with one attached hydrogen (secondary N) is 1. The van der Waals surface area contributed by atoms with Gasteiger partial charge in [0.2, 0.25) is 5.91 Å². The van der Waals surface area contributed by atoms with Crippen LogP contribution in [0.2, 0.25) is 0 Å². The average Bonchev–Trinajstić information content (AvgIpc) is 2.89. The molecular weight excluding hydrogens is 334 g/mol. The molecule has 3 fully saturated rings. The molecule has 3 unspecified atom stereocenters. The molecule has 0 aromatic carbocycles. The molecule has 23 heavy (non-hydrogen) atoms. The van der Waals surface area contributed by atoms with E-state index in [2.05, 4.69) is 37.2 Å². The van der Waals surface area contributed by atoms with Crippen LogP contribution in [0.15, 0.2) is 0 Å². The Morgan fingerprint density at radius 2 is 2.00 bits per heavy atom. The van der Waals surface area contributed by atoms with Crippen LogP contribution in [-0.2, 0) is 4.79 Å². The zero-order chi connectivity index (χ0) is 16.8. The summed E-state index contributed by atoms with van der Waals surface area (Å²) in [5.41, 5.74) is -0.141. The van der Waals surface area contributed by atoms with E-state index in [4.69, 9.17) is 16.9 Å². The summed E-state index contributed by atoms with van der Waals surface area (Å²) in [5.74, 6) is 0.111. The molecule has 0 radical (unpaired) electrons. The number of hydrogen-bond donors (Lipinski definition) is 1. The lowest BCUT2D eigenvalue weighted by Gasteiger charge is -2.46. The zero-order valence-corrected chi connectivity index (χ0v) is 15.4. The number of nitriles is 1. The third-order valence-corrected chi connectivity index (χ3v) is 7.26. The first-order valence-corrected chi connectivity index (χ1v) is 9.44. The molecular formula is C15H24ClN5OS. The molecule has 3 aliphatic heterocycles. The highest BCUT2D eigenvalue weighted by atomic mass is 35.5. The molecule has 0 spiro atoms. The third kappa shape index (κ3) is 3.27. The van der Waals surface area contributed by atoms with Crippen molar-refractivity contribution in [3.63, 3.8) is 0 Å². The van der Waals surface area contributed by atoms with Gasteiger partial charge in [-0.1, -0.05) is 20.8 Å². The molecule has 0 aliphatic carbocycles. The van der Waals surface area contributed by atoms with Crippen molar-refractivity contribution in [2.45, 2.75) is 43.1 Å². The summed E-state index contributed by atoms with van der Waals surface area (Å²) in [6.07, 6.45) is 2.17. The quantitative estimate of drug-likeness (QED) is 0.427. The fourth-order valence-corrected chi connectivity index (χ4v) is 5.70. The maximum absolute atomic E-state index is 12.9. The number of hydrogen-bond acceptors (Lipinski definition) is 6. The lowest BCUT2D eigenvalue weighted by atomic mass is 9.91. The van der Waals surface area contributed by atoms with E-state index >= 15 is 0 Å². The Morgan fingerprint density at radius 1 is 1.30 bits per heavy atom. The van der Waals surface area contributed by atoms with Gasteiger partial charge in [0.05, 0.1) is 12.0 Å². The molecule has 128 valence electrons. The first kappa shape index (κ1) is 17.2. The summed E-state index contributed by atoms with van der Waals surface area (Å²) in [6, 6.07) is -0.206. The average molecular weight is 358 g/mol. The first-order chi connectivity index (χ1) is 10.8. The predicted octanol–water partition coefficient (Wildman–Crippen LogP) is 0.895. The van der Waals surface area contributed by atoms with Gasteiger partial charge in [0.1, 0.15) is 11.5 Å². The largest absolute Gasteiger partial charge is 0.315 e. The number of fused-ring (bicyclic) bond motifs is 1. The van der Waals surface area contributed by atoms with Crippen LogP contribution in [0, 0.1) is 16.9 Å². The molecule has 0 aromatic rings. The molecule has 3 saturated heterocycles. The van der Waals surface area contributed by atoms with Crippen LogP contribution in [0.4, 0.5) is 0 Å². The van der Waals surface area contributed by atoms with Crippen molar-refractivity contribution in [1.29, 1.82) is 5.26 Å². The summed E-state index contributed by atoms with van der Waals surface area (Å²) in [4.78, 5) is 18.7. The van der Waals surface area contributed by atoms with Gasteiger partial charge in [0.15, 0.2) is 6.19 Å². The van der Waals surface area contributed by atoms with Crippen LogP contribution in [0.5, 0.6) is 0 Å². The number of nitrogens with zero attached hydrogens (tertiary/aromatic N) is 4. The van der Waals surface area contributed by atoms with Gasteiger partial charge in [0, 0.05) is 31.4 Å². The van der Waals surface area contributed by atoms with Crippen molar-refractivity contribution in [2.75, 3.05) is 32.7 Å². The van der Waals surface area contributed by atoms with Gasteiger partial charge in [-0.2, -0.15) is 5.26 Å². The van der Waals surface area contributed by atoms with Crippen molar-refractivity contribution in [1.82, 2.24) is 20.0 Å². The fourth-order valence-electron chi connectivity index (χ4n) is 3.46. The molecule has 3 heterocycles. The van der Waals surface area contributed by atoms with E-state index in [1.165, 1.54) is 0 Å². The second-order valence-corrected chi connectivity index (χ2v) is 9.17. The van der Waals surface area contributed by atoms with Crippen molar-refractivity contribution in [3.8, 4) is 6.19 Å². The topological polar surface area (TPSA) is 62.6 Å². The van der Waals surface area contributed by atoms with Gasteiger partial charge in [-0.15, -0.1) is 23.4 Å². The zero-order valence-electron chi connectivity index (χ0n) is 13.8. The molecule has 0 saturated carbocycles. The minimum Gasteiger partial charge on any atom is -0.315 e. The minimum atomic E-state index is -0.206. The van der Waals surface area contributed by atoms with E-state index in [0.29, 0.717) is 19.6 Å². The van der Waals surface area contributed by atoms with Crippen LogP contribution in [0.3, 0.4) is 0 Å². The molecule has 3 rings (SSSR count). The predicted molar refractivity (Wildman–Crippen MR) is 91.7 cm³/mol. The summed E-state index contributed by atoms with van der Waals surface area (Å²) in [7, 11) is 0. The number of halogens is 1. The smallest absolute Gasteiger partial charge is 0.243 e. The maximum Gasteiger partial charge on any atom is 0.243 e. The van der Waals surface area contributed by atoms with Crippen LogP contribution >= 0.6 is 23.4 Å². The molecule has 3 aliphatic rings. The molecule has 8 heteroatoms. The highest BCUT2D eigenvalue weighted by molar-refractivity contribution is 8.00. The number of rotatable bonds is 1. The molecule has 1 N–H and O–H groups in total. The number of carbonyl (C=O) groups excluding carboxylic acids is 1. The Hall–Kier alpha value is -0.680. The lowest BCUT2D eigenvalue weighted by Crippen LogP contribution is -2.66. The van der Waals surface area contributed by atoms with E-state index in [1.54, 1.807) is 16.7 Å². The van der Waals surface area contributed by atoms with Gasteiger partial charge in [-0.3, -0.25) is 15.0 Å². The Morgan fingerprint density at radius 3 is 2.61 bits per heavy atom. The summed E-state index contributed by atoms with van der Waals surface area (Å²) in [6.45, 7) is 10.1. The second-order valence-electron chi connectivity index (χ2n) is 7.47. The van der Waals surface area contributed by atoms with Gasteiger partial charge >= 0.3 is 0 Å². The van der Waals surface area contributed by atoms with Crippen molar-refractivity contribution >= 4 is 29.3 Å². The monoisotopic (exact) mass is 357 g/mol. The van der Waals surface area contributed by atoms with Gasteiger partial charge in [-0.05, 0) is 5.41 Å². The normalized spacial score (nSPS) is 36.0. The Balaban J connectivity index is 1.70. The van der Waals surface area contributed by atoms with Crippen molar-refractivity contribution < 1.29 is 4.79 Å². The number of thioether (sulfide) groups is 1. The lowest BCUT2D eigenvalue weighted by molar-refractivity contribution is -0.145. The second kappa shape index (κ2) is 6.32. The summed E-state index contributed by atoms with van der Waals surface area (Å²) >= 11 is 8.22. The minimum absolute atomic E-state index is 0.0752. The third-order valence-electron chi connectivity index (χ3n) is 4.81. The van der Waals surface area contributed by atoms with Crippen molar-refractivity contribution in [3.05, 3.63) is 0 Å². The first-order valence-electron chi connectivity index (χ1n) is 8.06.